The van der Waals surface area contributed by atoms with Gasteiger partial charge in [-0.1, -0.05) is 24.3 Å². The van der Waals surface area contributed by atoms with Crippen molar-refractivity contribution in [1.82, 2.24) is 25.1 Å². The number of nitrogens with zero attached hydrogens (tertiary/aromatic N) is 4. The first-order valence-electron chi connectivity index (χ1n) is 11.7. The lowest BCUT2D eigenvalue weighted by Crippen LogP contribution is -2.11. The van der Waals surface area contributed by atoms with E-state index in [1.807, 2.05) is 37.2 Å². The Hall–Kier alpha value is -3.76. The zero-order valence-electron chi connectivity index (χ0n) is 20.4. The van der Waals surface area contributed by atoms with Crippen molar-refractivity contribution in [1.29, 1.82) is 0 Å². The van der Waals surface area contributed by atoms with E-state index < -0.39 is 9.84 Å². The first-order chi connectivity index (χ1) is 17.3. The third-order valence-electron chi connectivity index (χ3n) is 6.20. The molecule has 2 aromatic heterocycles. The Balaban J connectivity index is 1.50. The Morgan fingerprint density at radius 3 is 2.78 bits per heavy atom. The van der Waals surface area contributed by atoms with Crippen molar-refractivity contribution in [3.05, 3.63) is 71.4 Å². The zero-order valence-corrected chi connectivity index (χ0v) is 21.3. The zero-order chi connectivity index (χ0) is 25.3. The molecule has 0 amide bonds. The summed E-state index contributed by atoms with van der Waals surface area (Å²) in [4.78, 5) is 10.7. The number of methoxy groups -OCH3 is 1. The largest absolute Gasteiger partial charge is 0.481 e. The Bertz CT molecular complexity index is 1510. The van der Waals surface area contributed by atoms with Gasteiger partial charge in [-0.3, -0.25) is 0 Å². The number of ether oxygens (including phenoxy) is 1. The van der Waals surface area contributed by atoms with Crippen LogP contribution >= 0.6 is 0 Å². The van der Waals surface area contributed by atoms with Crippen LogP contribution < -0.4 is 10.1 Å². The van der Waals surface area contributed by atoms with E-state index in [0.717, 1.165) is 41.6 Å². The summed E-state index contributed by atoms with van der Waals surface area (Å²) < 4.78 is 31.9. The van der Waals surface area contributed by atoms with Crippen LogP contribution in [0.15, 0.2) is 64.8 Å². The quantitative estimate of drug-likeness (QED) is 0.370. The molecule has 0 bridgehead atoms. The minimum Gasteiger partial charge on any atom is -0.481 e. The Morgan fingerprint density at radius 2 is 1.97 bits per heavy atom. The predicted molar refractivity (Wildman–Crippen MR) is 137 cm³/mol. The maximum Gasteiger partial charge on any atom is 0.249 e. The van der Waals surface area contributed by atoms with E-state index in [9.17, 15) is 8.42 Å². The summed E-state index contributed by atoms with van der Waals surface area (Å²) >= 11 is 0. The van der Waals surface area contributed by atoms with Crippen molar-refractivity contribution in [2.45, 2.75) is 35.9 Å². The Morgan fingerprint density at radius 1 is 1.11 bits per heavy atom. The number of anilines is 2. The van der Waals surface area contributed by atoms with Crippen LogP contribution in [0.5, 0.6) is 5.88 Å². The molecular formula is C26H28N6O3S. The third-order valence-corrected chi connectivity index (χ3v) is 7.77. The number of benzene rings is 2. The molecule has 0 spiro atoms. The molecule has 9 nitrogen and oxygen atoms in total. The SMILES string of the molecule is COc1cc(-c2ccc3c(c2Nc2n[nH]c(S(=O)(=O)c4cccc(CN(C)C)c4)n2)CCC3)ccn1. The number of nitrogens with one attached hydrogen (secondary N) is 2. The van der Waals surface area contributed by atoms with Crippen LogP contribution in [-0.2, 0) is 29.2 Å². The van der Waals surface area contributed by atoms with Gasteiger partial charge in [0, 0.05) is 24.4 Å². The van der Waals surface area contributed by atoms with Crippen molar-refractivity contribution >= 4 is 21.5 Å². The van der Waals surface area contributed by atoms with E-state index in [4.69, 9.17) is 4.74 Å². The van der Waals surface area contributed by atoms with Gasteiger partial charge in [0.25, 0.3) is 0 Å². The van der Waals surface area contributed by atoms with Crippen LogP contribution in [-0.4, -0.2) is 54.7 Å². The van der Waals surface area contributed by atoms with Gasteiger partial charge in [0.1, 0.15) is 0 Å². The molecule has 0 atom stereocenters. The van der Waals surface area contributed by atoms with Gasteiger partial charge in [-0.25, -0.2) is 18.5 Å². The van der Waals surface area contributed by atoms with Gasteiger partial charge in [0.2, 0.25) is 26.8 Å². The molecule has 10 heteroatoms. The van der Waals surface area contributed by atoms with Crippen molar-refractivity contribution < 1.29 is 13.2 Å². The molecule has 5 rings (SSSR count). The fourth-order valence-corrected chi connectivity index (χ4v) is 5.72. The van der Waals surface area contributed by atoms with E-state index in [2.05, 4.69) is 37.6 Å². The van der Waals surface area contributed by atoms with Gasteiger partial charge in [-0.2, -0.15) is 4.98 Å². The number of aromatic nitrogens is 4. The molecule has 2 aromatic carbocycles. The highest BCUT2D eigenvalue weighted by molar-refractivity contribution is 7.91. The van der Waals surface area contributed by atoms with Gasteiger partial charge >= 0.3 is 0 Å². The maximum atomic E-state index is 13.3. The van der Waals surface area contributed by atoms with Crippen LogP contribution in [0.4, 0.5) is 11.6 Å². The van der Waals surface area contributed by atoms with E-state index in [1.165, 1.54) is 11.1 Å². The topological polar surface area (TPSA) is 113 Å². The molecule has 0 saturated carbocycles. The normalized spacial score (nSPS) is 13.1. The standard InChI is InChI=1S/C26H28N6O3S/c1-32(2)16-17-6-4-8-20(14-17)36(33,34)26-29-25(30-31-26)28-24-21-9-5-7-18(21)10-11-22(24)19-12-13-27-23(15-19)35-3/h4,6,8,10-15H,5,7,9,16H2,1-3H3,(H2,28,29,30,31). The highest BCUT2D eigenvalue weighted by atomic mass is 32.2. The van der Waals surface area contributed by atoms with Crippen LogP contribution in [0.25, 0.3) is 11.1 Å². The lowest BCUT2D eigenvalue weighted by molar-refractivity contribution is 0.398. The highest BCUT2D eigenvalue weighted by Crippen LogP contribution is 2.39. The third kappa shape index (κ3) is 4.69. The van der Waals surface area contributed by atoms with Gasteiger partial charge < -0.3 is 15.0 Å². The second-order valence-corrected chi connectivity index (χ2v) is 10.9. The molecule has 0 fully saturated rings. The van der Waals surface area contributed by atoms with Crippen molar-refractivity contribution in [3.8, 4) is 17.0 Å². The second kappa shape index (κ2) is 9.71. The molecule has 0 unspecified atom stereocenters. The Labute approximate surface area is 210 Å². The first kappa shape index (κ1) is 24.0. The number of aromatic amines is 1. The Kier molecular flexibility index (Phi) is 6.46. The first-order valence-corrected chi connectivity index (χ1v) is 13.2. The molecule has 36 heavy (non-hydrogen) atoms. The number of pyridine rings is 1. The lowest BCUT2D eigenvalue weighted by Gasteiger charge is -2.15. The fourth-order valence-electron chi connectivity index (χ4n) is 4.56. The minimum atomic E-state index is -3.86. The number of hydrogen-bond donors (Lipinski definition) is 2. The number of rotatable bonds is 8. The summed E-state index contributed by atoms with van der Waals surface area (Å²) in [5, 5.41) is 9.92. The fraction of sp³-hybridized carbons (Fsp3) is 0.269. The predicted octanol–water partition coefficient (Wildman–Crippen LogP) is 4.00. The average Bonchev–Trinajstić information content (AvgIpc) is 3.54. The van der Waals surface area contributed by atoms with Gasteiger partial charge in [-0.15, -0.1) is 5.10 Å². The number of hydrogen-bond acceptors (Lipinski definition) is 8. The average molecular weight is 505 g/mol. The highest BCUT2D eigenvalue weighted by Gasteiger charge is 2.25. The number of H-pyrrole nitrogens is 1. The van der Waals surface area contributed by atoms with Gasteiger partial charge in [-0.05, 0) is 73.8 Å². The summed E-state index contributed by atoms with van der Waals surface area (Å²) in [5.41, 5.74) is 6.10. The maximum absolute atomic E-state index is 13.3. The lowest BCUT2D eigenvalue weighted by atomic mass is 9.98. The summed E-state index contributed by atoms with van der Waals surface area (Å²) in [5.74, 6) is 0.710. The molecule has 2 heterocycles. The molecule has 0 saturated heterocycles. The molecule has 1 aliphatic carbocycles. The van der Waals surface area contributed by atoms with Crippen molar-refractivity contribution in [3.63, 3.8) is 0 Å². The number of fused-ring (bicyclic) bond motifs is 1. The minimum absolute atomic E-state index is 0.176. The van der Waals surface area contributed by atoms with Crippen molar-refractivity contribution in [2.24, 2.45) is 0 Å². The molecule has 0 aliphatic heterocycles. The molecule has 1 aliphatic rings. The summed E-state index contributed by atoms with van der Waals surface area (Å²) in [6, 6.07) is 14.9. The van der Waals surface area contributed by atoms with E-state index in [1.54, 1.807) is 31.5 Å². The summed E-state index contributed by atoms with van der Waals surface area (Å²) in [6.45, 7) is 0.633. The molecule has 186 valence electrons. The number of sulfone groups is 1. The number of aryl methyl sites for hydroxylation is 1. The summed E-state index contributed by atoms with van der Waals surface area (Å²) in [7, 11) is 1.59. The molecular weight excluding hydrogens is 476 g/mol. The smallest absolute Gasteiger partial charge is 0.249 e. The van der Waals surface area contributed by atoms with Crippen molar-refractivity contribution in [2.75, 3.05) is 26.5 Å². The van der Waals surface area contributed by atoms with E-state index in [-0.39, 0.29) is 16.0 Å². The van der Waals surface area contributed by atoms with Crippen LogP contribution in [0.1, 0.15) is 23.1 Å². The molecule has 4 aromatic rings. The van der Waals surface area contributed by atoms with Crippen LogP contribution in [0.3, 0.4) is 0 Å². The van der Waals surface area contributed by atoms with Gasteiger partial charge in [0.05, 0.1) is 17.7 Å². The molecule has 0 radical (unpaired) electrons. The van der Waals surface area contributed by atoms with Crippen LogP contribution in [0, 0.1) is 0 Å². The monoisotopic (exact) mass is 504 g/mol. The second-order valence-electron chi connectivity index (χ2n) is 9.04. The van der Waals surface area contributed by atoms with E-state index in [0.29, 0.717) is 12.4 Å². The van der Waals surface area contributed by atoms with Crippen LogP contribution in [0.2, 0.25) is 0 Å². The van der Waals surface area contributed by atoms with Gasteiger partial charge in [0.15, 0.2) is 0 Å². The summed E-state index contributed by atoms with van der Waals surface area (Å²) in [6.07, 6.45) is 4.68. The van der Waals surface area contributed by atoms with E-state index >= 15 is 0 Å². The molecule has 2 N–H and O–H groups in total.